The number of oxime groups is 1. The highest BCUT2D eigenvalue weighted by Gasteiger charge is 2.65. The molecule has 5 N–H and O–H groups in total. The molecule has 4 rings (SSSR count). The maximum Gasteiger partial charge on any atom is 0.326 e. The number of aliphatic carboxylic acids is 1. The molecule has 0 aromatic carbocycles. The highest BCUT2D eigenvalue weighted by atomic mass is 16.6. The van der Waals surface area contributed by atoms with Crippen molar-refractivity contribution in [2.24, 2.45) is 39.5 Å². The minimum absolute atomic E-state index is 0.0344. The van der Waals surface area contributed by atoms with Crippen LogP contribution in [0.4, 0.5) is 0 Å². The number of allylic oxidation sites excluding steroid dienone is 2. The van der Waals surface area contributed by atoms with Gasteiger partial charge in [0.05, 0.1) is 5.71 Å². The maximum atomic E-state index is 12.4. The number of carbonyl (C=O) groups excluding carboxylic acids is 3. The van der Waals surface area contributed by atoms with Crippen molar-refractivity contribution in [1.29, 1.82) is 0 Å². The molecule has 0 aromatic rings. The van der Waals surface area contributed by atoms with Crippen LogP contribution < -0.4 is 11.1 Å². The van der Waals surface area contributed by atoms with Gasteiger partial charge in [0.1, 0.15) is 11.6 Å². The Morgan fingerprint density at radius 1 is 1.13 bits per heavy atom. The summed E-state index contributed by atoms with van der Waals surface area (Å²) in [5, 5.41) is 27.0. The first-order valence-electron chi connectivity index (χ1n) is 13.8. The molecule has 2 amide bonds. The third-order valence-electron chi connectivity index (χ3n) is 10.4. The SMILES string of the molecule is CC(=O)[C@@]1(O)CC[C@@H]2[C@@H]3CCC4=CC(=NOCC(=O)N[C@H](CCC(N)=O)C(=O)O)CC[C@]4(C)[C@@H]3CC[C@@]21C. The number of carbonyl (C=O) groups is 4. The summed E-state index contributed by atoms with van der Waals surface area (Å²) in [6, 6.07) is -1.22. The average molecular weight is 532 g/mol. The molecular formula is C28H41N3O7. The van der Waals surface area contributed by atoms with Crippen LogP contribution in [0.15, 0.2) is 16.8 Å². The van der Waals surface area contributed by atoms with E-state index < -0.39 is 36.0 Å². The van der Waals surface area contributed by atoms with Gasteiger partial charge in [-0.15, -0.1) is 0 Å². The van der Waals surface area contributed by atoms with E-state index in [1.54, 1.807) is 0 Å². The predicted molar refractivity (Wildman–Crippen MR) is 139 cm³/mol. The van der Waals surface area contributed by atoms with Crippen molar-refractivity contribution in [3.05, 3.63) is 11.6 Å². The number of carboxylic acid groups (broad SMARTS) is 1. The molecule has 210 valence electrons. The second-order valence-electron chi connectivity index (χ2n) is 12.2. The highest BCUT2D eigenvalue weighted by Crippen LogP contribution is 2.67. The van der Waals surface area contributed by atoms with Gasteiger partial charge >= 0.3 is 5.97 Å². The number of rotatable bonds is 9. The van der Waals surface area contributed by atoms with Crippen molar-refractivity contribution in [1.82, 2.24) is 5.32 Å². The van der Waals surface area contributed by atoms with E-state index in [0.29, 0.717) is 30.6 Å². The Kier molecular flexibility index (Phi) is 7.76. The molecule has 4 aliphatic rings. The number of fused-ring (bicyclic) bond motifs is 5. The number of nitrogens with one attached hydrogen (secondary N) is 1. The van der Waals surface area contributed by atoms with Gasteiger partial charge in [-0.3, -0.25) is 14.4 Å². The molecule has 0 radical (unpaired) electrons. The van der Waals surface area contributed by atoms with E-state index in [1.165, 1.54) is 12.5 Å². The fraction of sp³-hybridized carbons (Fsp3) is 0.750. The number of carboxylic acids is 1. The highest BCUT2D eigenvalue weighted by molar-refractivity contribution is 5.96. The minimum Gasteiger partial charge on any atom is -0.480 e. The first-order chi connectivity index (χ1) is 17.8. The lowest BCUT2D eigenvalue weighted by atomic mass is 9.46. The molecule has 0 aromatic heterocycles. The molecule has 10 nitrogen and oxygen atoms in total. The first-order valence-corrected chi connectivity index (χ1v) is 13.8. The van der Waals surface area contributed by atoms with Crippen LogP contribution in [0.1, 0.15) is 85.0 Å². The fourth-order valence-electron chi connectivity index (χ4n) is 8.19. The predicted octanol–water partition coefficient (Wildman–Crippen LogP) is 2.48. The number of nitrogens with zero attached hydrogens (tertiary/aromatic N) is 1. The Morgan fingerprint density at radius 2 is 1.84 bits per heavy atom. The van der Waals surface area contributed by atoms with E-state index in [9.17, 15) is 29.4 Å². The molecule has 3 saturated carbocycles. The van der Waals surface area contributed by atoms with Crippen molar-refractivity contribution < 1.29 is 34.2 Å². The number of nitrogens with two attached hydrogens (primary N) is 1. The lowest BCUT2D eigenvalue weighted by Crippen LogP contribution is -2.57. The van der Waals surface area contributed by atoms with Crippen molar-refractivity contribution in [3.8, 4) is 0 Å². The van der Waals surface area contributed by atoms with Crippen molar-refractivity contribution in [2.45, 2.75) is 96.6 Å². The maximum absolute atomic E-state index is 12.4. The van der Waals surface area contributed by atoms with Gasteiger partial charge in [0.25, 0.3) is 5.91 Å². The zero-order chi connectivity index (χ0) is 27.9. The Bertz CT molecular complexity index is 1070. The van der Waals surface area contributed by atoms with E-state index in [1.807, 2.05) is 0 Å². The van der Waals surface area contributed by atoms with Crippen LogP contribution in [-0.2, 0) is 24.0 Å². The summed E-state index contributed by atoms with van der Waals surface area (Å²) < 4.78 is 0. The fourth-order valence-corrected chi connectivity index (χ4v) is 8.19. The third-order valence-corrected chi connectivity index (χ3v) is 10.4. The normalized spacial score (nSPS) is 37.7. The number of hydrogen-bond donors (Lipinski definition) is 4. The van der Waals surface area contributed by atoms with Crippen LogP contribution >= 0.6 is 0 Å². The number of Topliss-reactive ketones (excluding diaryl/α,β-unsaturated/α-hetero) is 1. The summed E-state index contributed by atoms with van der Waals surface area (Å²) in [5.41, 5.74) is 5.64. The monoisotopic (exact) mass is 531 g/mol. The average Bonchev–Trinajstić information content (AvgIpc) is 3.13. The summed E-state index contributed by atoms with van der Waals surface area (Å²) >= 11 is 0. The van der Waals surface area contributed by atoms with Gasteiger partial charge in [-0.25, -0.2) is 4.79 Å². The molecule has 10 heteroatoms. The summed E-state index contributed by atoms with van der Waals surface area (Å²) in [4.78, 5) is 52.1. The van der Waals surface area contributed by atoms with Crippen LogP contribution in [-0.4, -0.2) is 57.7 Å². The number of amides is 2. The van der Waals surface area contributed by atoms with Crippen molar-refractivity contribution in [2.75, 3.05) is 6.61 Å². The van der Waals surface area contributed by atoms with Gasteiger partial charge in [0.2, 0.25) is 5.91 Å². The molecule has 4 aliphatic carbocycles. The van der Waals surface area contributed by atoms with Gasteiger partial charge in [-0.2, -0.15) is 0 Å². The van der Waals surface area contributed by atoms with E-state index in [0.717, 1.165) is 44.2 Å². The zero-order valence-corrected chi connectivity index (χ0v) is 22.6. The molecule has 0 saturated heterocycles. The quantitative estimate of drug-likeness (QED) is 0.331. The molecule has 0 aliphatic heterocycles. The molecule has 3 fully saturated rings. The molecule has 38 heavy (non-hydrogen) atoms. The second kappa shape index (κ2) is 10.4. The second-order valence-corrected chi connectivity index (χ2v) is 12.2. The van der Waals surface area contributed by atoms with Crippen LogP contribution in [0.3, 0.4) is 0 Å². The van der Waals surface area contributed by atoms with Crippen molar-refractivity contribution >= 4 is 29.3 Å². The van der Waals surface area contributed by atoms with Gasteiger partial charge < -0.3 is 26.1 Å². The molecule has 7 atom stereocenters. The van der Waals surface area contributed by atoms with Crippen LogP contribution in [0.5, 0.6) is 0 Å². The standard InChI is InChI=1S/C28H41N3O7/c1-16(32)28(37)13-10-21-19-5-4-17-14-18(8-11-26(17,2)20(19)9-12-27(21,28)3)31-38-15-24(34)30-22(25(35)36)6-7-23(29)33/h14,19-22,37H,4-13,15H2,1-3H3,(H2,29,33)(H,30,34)(H,35,36)/t19-,20-,21-,22-,26+,27+,28+/m1/s1. The summed E-state index contributed by atoms with van der Waals surface area (Å²) in [5.74, 6) is -1.28. The molecular weight excluding hydrogens is 490 g/mol. The molecule has 0 unspecified atom stereocenters. The molecule has 0 spiro atoms. The van der Waals surface area contributed by atoms with E-state index in [-0.39, 0.29) is 29.5 Å². The minimum atomic E-state index is -1.25. The van der Waals surface area contributed by atoms with E-state index in [2.05, 4.69) is 30.4 Å². The van der Waals surface area contributed by atoms with Gasteiger partial charge in [0.15, 0.2) is 12.4 Å². The van der Waals surface area contributed by atoms with E-state index in [4.69, 9.17) is 10.6 Å². The lowest BCUT2D eigenvalue weighted by molar-refractivity contribution is -0.159. The van der Waals surface area contributed by atoms with Gasteiger partial charge in [-0.05, 0) is 94.0 Å². The number of ketones is 1. The first kappa shape index (κ1) is 28.3. The Hall–Kier alpha value is -2.75. The summed E-state index contributed by atoms with van der Waals surface area (Å²) in [6.45, 7) is 5.58. The van der Waals surface area contributed by atoms with Crippen LogP contribution in [0, 0.1) is 28.6 Å². The smallest absolute Gasteiger partial charge is 0.326 e. The third kappa shape index (κ3) is 4.87. The van der Waals surface area contributed by atoms with Crippen LogP contribution in [0.25, 0.3) is 0 Å². The summed E-state index contributed by atoms with van der Waals surface area (Å²) in [7, 11) is 0. The number of aliphatic hydroxyl groups is 1. The Balaban J connectivity index is 1.38. The van der Waals surface area contributed by atoms with Crippen LogP contribution in [0.2, 0.25) is 0 Å². The largest absolute Gasteiger partial charge is 0.480 e. The van der Waals surface area contributed by atoms with Gasteiger partial charge in [-0.1, -0.05) is 24.6 Å². The summed E-state index contributed by atoms with van der Waals surface area (Å²) in [6.07, 6.45) is 8.75. The van der Waals surface area contributed by atoms with E-state index >= 15 is 0 Å². The number of primary amides is 1. The lowest BCUT2D eigenvalue weighted by Gasteiger charge is -2.59. The molecule has 0 heterocycles. The molecule has 0 bridgehead atoms. The van der Waals surface area contributed by atoms with Crippen molar-refractivity contribution in [3.63, 3.8) is 0 Å². The van der Waals surface area contributed by atoms with Gasteiger partial charge in [0, 0.05) is 11.8 Å². The number of hydrogen-bond acceptors (Lipinski definition) is 7. The topological polar surface area (TPSA) is 168 Å². The zero-order valence-electron chi connectivity index (χ0n) is 22.6. The Labute approximate surface area is 223 Å². The Morgan fingerprint density at radius 3 is 2.50 bits per heavy atom.